The van der Waals surface area contributed by atoms with E-state index < -0.39 is 0 Å². The fourth-order valence-corrected chi connectivity index (χ4v) is 1.67. The van der Waals surface area contributed by atoms with Gasteiger partial charge in [-0.1, -0.05) is 6.07 Å². The second-order valence-electron chi connectivity index (χ2n) is 3.95. The molecule has 0 aliphatic heterocycles. The van der Waals surface area contributed by atoms with E-state index in [1.165, 1.54) is 5.56 Å². The molecule has 2 rings (SSSR count). The van der Waals surface area contributed by atoms with Gasteiger partial charge in [0, 0.05) is 49.7 Å². The molecular formula is C13H18N4. The average molecular weight is 230 g/mol. The summed E-state index contributed by atoms with van der Waals surface area (Å²) >= 11 is 0. The zero-order chi connectivity index (χ0) is 11.9. The van der Waals surface area contributed by atoms with Crippen LogP contribution in [0.25, 0.3) is 0 Å². The molecule has 0 atom stereocenters. The molecule has 2 heterocycles. The Morgan fingerprint density at radius 3 is 3.00 bits per heavy atom. The smallest absolute Gasteiger partial charge is 0.0534 e. The number of rotatable bonds is 6. The maximum absolute atomic E-state index is 4.28. The molecule has 2 aromatic heterocycles. The van der Waals surface area contributed by atoms with Crippen LogP contribution >= 0.6 is 0 Å². The summed E-state index contributed by atoms with van der Waals surface area (Å²) < 4.78 is 1.94. The lowest BCUT2D eigenvalue weighted by molar-refractivity contribution is 0.654. The third-order valence-corrected chi connectivity index (χ3v) is 2.62. The van der Waals surface area contributed by atoms with E-state index >= 15 is 0 Å². The summed E-state index contributed by atoms with van der Waals surface area (Å²) in [7, 11) is 0. The summed E-state index contributed by atoms with van der Waals surface area (Å²) in [6.45, 7) is 4.82. The molecule has 2 aromatic rings. The molecule has 0 fully saturated rings. The lowest BCUT2D eigenvalue weighted by Gasteiger charge is -2.02. The summed E-state index contributed by atoms with van der Waals surface area (Å²) in [4.78, 5) is 4.28. The van der Waals surface area contributed by atoms with E-state index in [0.29, 0.717) is 0 Å². The number of nitrogens with zero attached hydrogens (tertiary/aromatic N) is 3. The van der Waals surface area contributed by atoms with E-state index in [2.05, 4.69) is 34.6 Å². The van der Waals surface area contributed by atoms with E-state index in [0.717, 1.165) is 31.7 Å². The quantitative estimate of drug-likeness (QED) is 0.767. The van der Waals surface area contributed by atoms with Crippen LogP contribution in [-0.2, 0) is 19.5 Å². The molecule has 0 saturated heterocycles. The number of hydrogen-bond donors (Lipinski definition) is 1. The molecule has 4 heteroatoms. The highest BCUT2D eigenvalue weighted by Gasteiger charge is 1.97. The molecule has 0 unspecified atom stereocenters. The predicted molar refractivity (Wildman–Crippen MR) is 67.5 cm³/mol. The molecule has 17 heavy (non-hydrogen) atoms. The van der Waals surface area contributed by atoms with E-state index in [-0.39, 0.29) is 0 Å². The molecule has 4 nitrogen and oxygen atoms in total. The van der Waals surface area contributed by atoms with Gasteiger partial charge in [0.1, 0.15) is 0 Å². The average Bonchev–Trinajstić information content (AvgIpc) is 2.84. The van der Waals surface area contributed by atoms with E-state index in [4.69, 9.17) is 0 Å². The maximum Gasteiger partial charge on any atom is 0.0534 e. The summed E-state index contributed by atoms with van der Waals surface area (Å²) in [5, 5.41) is 7.63. The van der Waals surface area contributed by atoms with E-state index in [1.54, 1.807) is 0 Å². The number of aromatic nitrogens is 3. The van der Waals surface area contributed by atoms with Gasteiger partial charge in [-0.05, 0) is 19.1 Å². The minimum absolute atomic E-state index is 0.868. The topological polar surface area (TPSA) is 42.7 Å². The lowest BCUT2D eigenvalue weighted by Crippen LogP contribution is -2.16. The number of aryl methyl sites for hydroxylation is 1. The standard InChI is InChI=1S/C13H18N4/c1-2-17-11-12(10-16-17)9-14-8-6-13-5-3-4-7-15-13/h3-5,7,10-11,14H,2,6,8-9H2,1H3. The van der Waals surface area contributed by atoms with Crippen molar-refractivity contribution in [3.05, 3.63) is 48.0 Å². The molecule has 1 N–H and O–H groups in total. The van der Waals surface area contributed by atoms with Crippen LogP contribution in [0.3, 0.4) is 0 Å². The minimum Gasteiger partial charge on any atom is -0.312 e. The van der Waals surface area contributed by atoms with Crippen LogP contribution in [0.1, 0.15) is 18.2 Å². The van der Waals surface area contributed by atoms with Crippen LogP contribution in [0.15, 0.2) is 36.8 Å². The highest BCUT2D eigenvalue weighted by molar-refractivity contribution is 5.05. The zero-order valence-corrected chi connectivity index (χ0v) is 10.1. The Labute approximate surface area is 102 Å². The molecule has 90 valence electrons. The maximum atomic E-state index is 4.28. The second-order valence-corrected chi connectivity index (χ2v) is 3.95. The zero-order valence-electron chi connectivity index (χ0n) is 10.1. The van der Waals surface area contributed by atoms with Gasteiger partial charge in [-0.3, -0.25) is 9.67 Å². The Kier molecular flexibility index (Phi) is 4.27. The predicted octanol–water partition coefficient (Wildman–Crippen LogP) is 1.63. The number of nitrogens with one attached hydrogen (secondary N) is 1. The number of pyridine rings is 1. The second kappa shape index (κ2) is 6.15. The molecule has 0 saturated carbocycles. The van der Waals surface area contributed by atoms with Gasteiger partial charge in [-0.25, -0.2) is 0 Å². The van der Waals surface area contributed by atoms with Crippen molar-refractivity contribution in [2.75, 3.05) is 6.54 Å². The monoisotopic (exact) mass is 230 g/mol. The Hall–Kier alpha value is -1.68. The lowest BCUT2D eigenvalue weighted by atomic mass is 10.2. The van der Waals surface area contributed by atoms with Crippen molar-refractivity contribution >= 4 is 0 Å². The van der Waals surface area contributed by atoms with Crippen LogP contribution < -0.4 is 5.32 Å². The van der Waals surface area contributed by atoms with Gasteiger partial charge >= 0.3 is 0 Å². The highest BCUT2D eigenvalue weighted by atomic mass is 15.3. The molecule has 0 spiro atoms. The first-order chi connectivity index (χ1) is 8.38. The van der Waals surface area contributed by atoms with Crippen molar-refractivity contribution in [3.8, 4) is 0 Å². The first-order valence-corrected chi connectivity index (χ1v) is 6.00. The van der Waals surface area contributed by atoms with Crippen molar-refractivity contribution < 1.29 is 0 Å². The van der Waals surface area contributed by atoms with Crippen molar-refractivity contribution in [1.82, 2.24) is 20.1 Å². The largest absolute Gasteiger partial charge is 0.312 e. The molecule has 0 amide bonds. The van der Waals surface area contributed by atoms with Crippen LogP contribution in [0, 0.1) is 0 Å². The third kappa shape index (κ3) is 3.67. The number of hydrogen-bond acceptors (Lipinski definition) is 3. The molecule has 0 aliphatic rings. The first kappa shape index (κ1) is 11.8. The minimum atomic E-state index is 0.868. The van der Waals surface area contributed by atoms with Gasteiger partial charge in [0.15, 0.2) is 0 Å². The van der Waals surface area contributed by atoms with Crippen molar-refractivity contribution in [1.29, 1.82) is 0 Å². The van der Waals surface area contributed by atoms with Gasteiger partial charge in [0.25, 0.3) is 0 Å². The van der Waals surface area contributed by atoms with Gasteiger partial charge in [-0.15, -0.1) is 0 Å². The van der Waals surface area contributed by atoms with Crippen LogP contribution in [0.5, 0.6) is 0 Å². The Balaban J connectivity index is 1.69. The van der Waals surface area contributed by atoms with Crippen LogP contribution in [0.4, 0.5) is 0 Å². The fraction of sp³-hybridized carbons (Fsp3) is 0.385. The Morgan fingerprint density at radius 1 is 1.35 bits per heavy atom. The molecule has 0 radical (unpaired) electrons. The van der Waals surface area contributed by atoms with Crippen molar-refractivity contribution in [2.45, 2.75) is 26.4 Å². The van der Waals surface area contributed by atoms with Crippen molar-refractivity contribution in [2.24, 2.45) is 0 Å². The summed E-state index contributed by atoms with van der Waals surface area (Å²) in [6.07, 6.45) is 6.79. The van der Waals surface area contributed by atoms with Crippen LogP contribution in [-0.4, -0.2) is 21.3 Å². The van der Waals surface area contributed by atoms with Crippen molar-refractivity contribution in [3.63, 3.8) is 0 Å². The molecule has 0 aliphatic carbocycles. The molecule has 0 bridgehead atoms. The van der Waals surface area contributed by atoms with Gasteiger partial charge in [-0.2, -0.15) is 5.10 Å². The summed E-state index contributed by atoms with van der Waals surface area (Å²) in [5.74, 6) is 0. The summed E-state index contributed by atoms with van der Waals surface area (Å²) in [6, 6.07) is 6.01. The van der Waals surface area contributed by atoms with Gasteiger partial charge < -0.3 is 5.32 Å². The van der Waals surface area contributed by atoms with Gasteiger partial charge in [0.2, 0.25) is 0 Å². The first-order valence-electron chi connectivity index (χ1n) is 6.00. The summed E-state index contributed by atoms with van der Waals surface area (Å²) in [5.41, 5.74) is 2.36. The van der Waals surface area contributed by atoms with E-state index in [9.17, 15) is 0 Å². The molecule has 0 aromatic carbocycles. The SMILES string of the molecule is CCn1cc(CNCCc2ccccn2)cn1. The van der Waals surface area contributed by atoms with Gasteiger partial charge in [0.05, 0.1) is 6.20 Å². The fourth-order valence-electron chi connectivity index (χ4n) is 1.67. The normalized spacial score (nSPS) is 10.6. The van der Waals surface area contributed by atoms with E-state index in [1.807, 2.05) is 29.2 Å². The Morgan fingerprint density at radius 2 is 2.29 bits per heavy atom. The Bertz CT molecular complexity index is 436. The highest BCUT2D eigenvalue weighted by Crippen LogP contribution is 1.97. The molecular weight excluding hydrogens is 212 g/mol. The van der Waals surface area contributed by atoms with Crippen LogP contribution in [0.2, 0.25) is 0 Å². The third-order valence-electron chi connectivity index (χ3n) is 2.62.